The Labute approximate surface area is 331 Å². The van der Waals surface area contributed by atoms with Crippen molar-refractivity contribution >= 4 is 66.4 Å². The van der Waals surface area contributed by atoms with Gasteiger partial charge in [-0.15, -0.1) is 11.3 Å². The van der Waals surface area contributed by atoms with Gasteiger partial charge in [0.1, 0.15) is 0 Å². The highest BCUT2D eigenvalue weighted by atomic mass is 32.1. The summed E-state index contributed by atoms with van der Waals surface area (Å²) in [5.41, 5.74) is 15.4. The third kappa shape index (κ3) is 5.81. The number of thiophene rings is 1. The van der Waals surface area contributed by atoms with Crippen molar-refractivity contribution < 1.29 is 0 Å². The van der Waals surface area contributed by atoms with E-state index in [4.69, 9.17) is 0 Å². The van der Waals surface area contributed by atoms with Gasteiger partial charge in [-0.3, -0.25) is 0 Å². The van der Waals surface area contributed by atoms with E-state index in [0.717, 1.165) is 17.1 Å². The number of aryl methyl sites for hydroxylation is 1. The molecule has 0 N–H and O–H groups in total. The molecule has 0 bridgehead atoms. The summed E-state index contributed by atoms with van der Waals surface area (Å²) in [5.74, 6) is 0. The molecule has 0 aliphatic carbocycles. The number of hydrogen-bond donors (Lipinski definition) is 0. The highest BCUT2D eigenvalue weighted by Gasteiger charge is 2.17. The average molecular weight is 735 g/mol. The maximum Gasteiger partial charge on any atom is 0.0541 e. The normalized spacial score (nSPS) is 11.4. The first-order valence-electron chi connectivity index (χ1n) is 19.0. The average Bonchev–Trinajstić information content (AvgIpc) is 3.78. The van der Waals surface area contributed by atoms with Crippen LogP contribution in [-0.2, 0) is 0 Å². The van der Waals surface area contributed by atoms with E-state index in [-0.39, 0.29) is 0 Å². The number of anilines is 3. The van der Waals surface area contributed by atoms with Crippen molar-refractivity contribution in [2.75, 3.05) is 4.90 Å². The van der Waals surface area contributed by atoms with Crippen LogP contribution >= 0.6 is 11.3 Å². The Morgan fingerprint density at radius 3 is 1.64 bits per heavy atom. The van der Waals surface area contributed by atoms with Crippen LogP contribution in [0.15, 0.2) is 201 Å². The van der Waals surface area contributed by atoms with Crippen LogP contribution in [0, 0.1) is 6.92 Å². The summed E-state index contributed by atoms with van der Waals surface area (Å²) in [4.78, 5) is 3.65. The van der Waals surface area contributed by atoms with Crippen molar-refractivity contribution in [1.29, 1.82) is 0 Å². The fraction of sp³-hybridized carbons (Fsp3) is 0.0189. The van der Waals surface area contributed by atoms with Gasteiger partial charge in [0.05, 0.1) is 11.0 Å². The van der Waals surface area contributed by atoms with Gasteiger partial charge in [-0.2, -0.15) is 0 Å². The monoisotopic (exact) mass is 734 g/mol. The molecule has 0 saturated heterocycles. The van der Waals surface area contributed by atoms with Gasteiger partial charge < -0.3 is 9.47 Å². The van der Waals surface area contributed by atoms with Crippen molar-refractivity contribution in [3.05, 3.63) is 211 Å². The van der Waals surface area contributed by atoms with E-state index in [1.807, 2.05) is 17.4 Å². The smallest absolute Gasteiger partial charge is 0.0541 e. The van der Waals surface area contributed by atoms with E-state index >= 15 is 0 Å². The summed E-state index contributed by atoms with van der Waals surface area (Å²) in [7, 11) is 0. The van der Waals surface area contributed by atoms with Crippen LogP contribution in [0.2, 0.25) is 0 Å². The van der Waals surface area contributed by atoms with Crippen LogP contribution < -0.4 is 4.90 Å². The van der Waals surface area contributed by atoms with Crippen molar-refractivity contribution in [1.82, 2.24) is 4.57 Å². The fourth-order valence-electron chi connectivity index (χ4n) is 8.22. The predicted molar refractivity (Wildman–Crippen MR) is 242 cm³/mol. The van der Waals surface area contributed by atoms with Gasteiger partial charge in [-0.25, -0.2) is 0 Å². The van der Waals surface area contributed by atoms with Gasteiger partial charge in [0, 0.05) is 48.5 Å². The Morgan fingerprint density at radius 1 is 0.464 bits per heavy atom. The van der Waals surface area contributed by atoms with Gasteiger partial charge in [-0.1, -0.05) is 140 Å². The molecule has 0 radical (unpaired) electrons. The minimum absolute atomic E-state index is 1.10. The van der Waals surface area contributed by atoms with Crippen molar-refractivity contribution in [2.24, 2.45) is 0 Å². The molecule has 0 aliphatic rings. The molecule has 56 heavy (non-hydrogen) atoms. The first-order valence-corrected chi connectivity index (χ1v) is 19.9. The molecular weight excluding hydrogens is 697 g/mol. The lowest BCUT2D eigenvalue weighted by atomic mass is 10.0. The molecule has 2 heterocycles. The number of hydrogen-bond acceptors (Lipinski definition) is 2. The Hall–Kier alpha value is -6.94. The minimum Gasteiger partial charge on any atom is -0.311 e. The van der Waals surface area contributed by atoms with Crippen LogP contribution in [0.4, 0.5) is 17.1 Å². The van der Waals surface area contributed by atoms with Crippen LogP contribution in [0.3, 0.4) is 0 Å². The first kappa shape index (κ1) is 33.6. The molecule has 0 aliphatic heterocycles. The number of benzene rings is 8. The number of aromatic nitrogens is 1. The van der Waals surface area contributed by atoms with Crippen molar-refractivity contribution in [3.8, 4) is 39.1 Å². The summed E-state index contributed by atoms with van der Waals surface area (Å²) >= 11 is 1.85. The molecule has 10 aromatic rings. The van der Waals surface area contributed by atoms with Gasteiger partial charge in [-0.05, 0) is 113 Å². The van der Waals surface area contributed by atoms with Crippen LogP contribution in [0.1, 0.15) is 10.4 Å². The number of rotatable bonds is 8. The van der Waals surface area contributed by atoms with E-state index < -0.39 is 0 Å². The molecule has 10 rings (SSSR count). The second-order valence-corrected chi connectivity index (χ2v) is 15.4. The topological polar surface area (TPSA) is 8.17 Å². The molecule has 8 aromatic carbocycles. The molecule has 2 nitrogen and oxygen atoms in total. The zero-order chi connectivity index (χ0) is 37.6. The zero-order valence-corrected chi connectivity index (χ0v) is 31.9. The van der Waals surface area contributed by atoms with Crippen LogP contribution in [-0.4, -0.2) is 4.57 Å². The van der Waals surface area contributed by atoms with E-state index in [1.165, 1.54) is 81.4 Å². The second kappa shape index (κ2) is 14.0. The number of para-hydroxylation sites is 2. The zero-order valence-electron chi connectivity index (χ0n) is 31.1. The molecule has 0 unspecified atom stereocenters. The standard InChI is InChI=1S/C53H38N2S/c1-3-46-36(2)56-53-47(18-12-19-49(46)53)40-25-32-45(33-26-40)54(43-28-21-38(22-29-43)37-13-6-4-7-14-37)44-30-23-39(24-31-44)41-27-34-52-50(35-41)48-17-10-11-20-51(48)55(52)42-15-8-5-9-16-42/h3-35H,1H2,2H3. The predicted octanol–water partition coefficient (Wildman–Crippen LogP) is 15.4. The lowest BCUT2D eigenvalue weighted by Crippen LogP contribution is -2.09. The molecular formula is C53H38N2S. The Bertz CT molecular complexity index is 3010. The summed E-state index contributed by atoms with van der Waals surface area (Å²) in [5, 5.41) is 3.77. The fourth-order valence-corrected chi connectivity index (χ4v) is 9.41. The molecule has 0 atom stereocenters. The van der Waals surface area contributed by atoms with E-state index in [1.54, 1.807) is 0 Å². The molecule has 3 heteroatoms. The summed E-state index contributed by atoms with van der Waals surface area (Å²) in [6.07, 6.45) is 1.98. The van der Waals surface area contributed by atoms with Gasteiger partial charge in [0.2, 0.25) is 0 Å². The Morgan fingerprint density at radius 2 is 0.982 bits per heavy atom. The molecule has 0 fully saturated rings. The van der Waals surface area contributed by atoms with Crippen LogP contribution in [0.5, 0.6) is 0 Å². The lowest BCUT2D eigenvalue weighted by molar-refractivity contribution is 1.18. The molecule has 0 amide bonds. The van der Waals surface area contributed by atoms with Gasteiger partial charge in [0.15, 0.2) is 0 Å². The van der Waals surface area contributed by atoms with Gasteiger partial charge >= 0.3 is 0 Å². The number of nitrogens with zero attached hydrogens (tertiary/aromatic N) is 2. The quantitative estimate of drug-likeness (QED) is 0.151. The largest absolute Gasteiger partial charge is 0.311 e. The van der Waals surface area contributed by atoms with Crippen molar-refractivity contribution in [3.63, 3.8) is 0 Å². The third-order valence-electron chi connectivity index (χ3n) is 11.0. The maximum absolute atomic E-state index is 4.08. The lowest BCUT2D eigenvalue weighted by Gasteiger charge is -2.26. The van der Waals surface area contributed by atoms with E-state index in [2.05, 4.69) is 217 Å². The highest BCUT2D eigenvalue weighted by molar-refractivity contribution is 7.20. The Balaban J connectivity index is 1.04. The second-order valence-electron chi connectivity index (χ2n) is 14.2. The first-order chi connectivity index (χ1) is 27.6. The van der Waals surface area contributed by atoms with E-state index in [0.29, 0.717) is 0 Å². The summed E-state index contributed by atoms with van der Waals surface area (Å²) < 4.78 is 3.67. The van der Waals surface area contributed by atoms with Crippen LogP contribution in [0.25, 0.3) is 77.0 Å². The van der Waals surface area contributed by atoms with Crippen molar-refractivity contribution in [2.45, 2.75) is 6.92 Å². The third-order valence-corrected chi connectivity index (χ3v) is 12.1. The molecule has 0 spiro atoms. The maximum atomic E-state index is 4.08. The highest BCUT2D eigenvalue weighted by Crippen LogP contribution is 2.42. The number of fused-ring (bicyclic) bond motifs is 4. The molecule has 2 aromatic heterocycles. The SMILES string of the molecule is C=Cc1c(C)sc2c(-c3ccc(N(c4ccc(-c5ccccc5)cc4)c4ccc(-c5ccc6c(c5)c5ccccc5n6-c5ccccc5)cc4)cc3)cccc12. The molecule has 266 valence electrons. The Kier molecular flexibility index (Phi) is 8.43. The summed E-state index contributed by atoms with van der Waals surface area (Å²) in [6, 6.07) is 70.3. The summed E-state index contributed by atoms with van der Waals surface area (Å²) in [6.45, 7) is 6.27. The van der Waals surface area contributed by atoms with E-state index in [9.17, 15) is 0 Å². The molecule has 0 saturated carbocycles. The van der Waals surface area contributed by atoms with Gasteiger partial charge in [0.25, 0.3) is 0 Å². The minimum atomic E-state index is 1.10.